The predicted octanol–water partition coefficient (Wildman–Crippen LogP) is 2.90. The number of amides is 1. The van der Waals surface area contributed by atoms with Gasteiger partial charge in [0.25, 0.3) is 0 Å². The third kappa shape index (κ3) is 4.67. The van der Waals surface area contributed by atoms with E-state index in [0.717, 1.165) is 44.9 Å². The summed E-state index contributed by atoms with van der Waals surface area (Å²) in [5, 5.41) is 7.07. The molecule has 1 saturated heterocycles. The van der Waals surface area contributed by atoms with Crippen LogP contribution >= 0.6 is 11.6 Å². The summed E-state index contributed by atoms with van der Waals surface area (Å²) in [5.74, 6) is 0.820. The maximum absolute atomic E-state index is 14.0. The smallest absolute Gasteiger partial charge is 0.222 e. The van der Waals surface area contributed by atoms with E-state index in [0.29, 0.717) is 23.6 Å². The van der Waals surface area contributed by atoms with Crippen molar-refractivity contribution in [2.75, 3.05) is 26.2 Å². The van der Waals surface area contributed by atoms with Gasteiger partial charge in [0.1, 0.15) is 5.82 Å². The van der Waals surface area contributed by atoms with E-state index in [9.17, 15) is 9.18 Å². The van der Waals surface area contributed by atoms with E-state index in [1.165, 1.54) is 6.07 Å². The summed E-state index contributed by atoms with van der Waals surface area (Å²) in [6.45, 7) is 5.05. The SMILES string of the molecule is CCNC(=NCCCN1CCCC1=O)NC1CC1c1c(F)cccc1Cl. The molecule has 0 spiro atoms. The number of halogens is 2. The Morgan fingerprint density at radius 3 is 3.00 bits per heavy atom. The summed E-state index contributed by atoms with van der Waals surface area (Å²) in [6.07, 6.45) is 3.33. The lowest BCUT2D eigenvalue weighted by Gasteiger charge is -2.15. The average molecular weight is 381 g/mol. The van der Waals surface area contributed by atoms with E-state index in [1.54, 1.807) is 12.1 Å². The number of rotatable bonds is 7. The van der Waals surface area contributed by atoms with Crippen LogP contribution in [0.4, 0.5) is 4.39 Å². The first-order chi connectivity index (χ1) is 12.6. The molecule has 0 radical (unpaired) electrons. The highest BCUT2D eigenvalue weighted by Gasteiger charge is 2.41. The van der Waals surface area contributed by atoms with Crippen molar-refractivity contribution in [1.29, 1.82) is 0 Å². The van der Waals surface area contributed by atoms with Crippen LogP contribution in [0.3, 0.4) is 0 Å². The van der Waals surface area contributed by atoms with Gasteiger partial charge < -0.3 is 15.5 Å². The molecule has 5 nitrogen and oxygen atoms in total. The van der Waals surface area contributed by atoms with Gasteiger partial charge in [0.05, 0.1) is 0 Å². The zero-order chi connectivity index (χ0) is 18.5. The molecular weight excluding hydrogens is 355 g/mol. The van der Waals surface area contributed by atoms with Crippen molar-refractivity contribution in [3.8, 4) is 0 Å². The summed E-state index contributed by atoms with van der Waals surface area (Å²) in [5.41, 5.74) is 0.593. The molecule has 1 saturated carbocycles. The standard InChI is InChI=1S/C19H26ClFN4O/c1-2-22-19(23-9-5-11-25-10-4-8-17(25)26)24-16-12-13(16)18-14(20)6-3-7-15(18)21/h3,6-7,13,16H,2,4-5,8-12H2,1H3,(H2,22,23,24). The van der Waals surface area contributed by atoms with E-state index < -0.39 is 0 Å². The van der Waals surface area contributed by atoms with E-state index in [4.69, 9.17) is 11.6 Å². The largest absolute Gasteiger partial charge is 0.357 e. The third-order valence-electron chi connectivity index (χ3n) is 4.85. The van der Waals surface area contributed by atoms with Crippen LogP contribution in [0.15, 0.2) is 23.2 Å². The number of benzene rings is 1. The molecule has 0 aromatic heterocycles. The number of guanidine groups is 1. The van der Waals surface area contributed by atoms with Crippen LogP contribution in [-0.2, 0) is 4.79 Å². The van der Waals surface area contributed by atoms with Crippen LogP contribution in [0.1, 0.15) is 44.1 Å². The van der Waals surface area contributed by atoms with Crippen LogP contribution in [0.5, 0.6) is 0 Å². The van der Waals surface area contributed by atoms with Crippen molar-refractivity contribution in [1.82, 2.24) is 15.5 Å². The van der Waals surface area contributed by atoms with Gasteiger partial charge >= 0.3 is 0 Å². The Hall–Kier alpha value is -1.82. The molecular formula is C19H26ClFN4O. The minimum absolute atomic E-state index is 0.0785. The Morgan fingerprint density at radius 1 is 1.46 bits per heavy atom. The lowest BCUT2D eigenvalue weighted by molar-refractivity contribution is -0.127. The monoisotopic (exact) mass is 380 g/mol. The molecule has 1 aliphatic heterocycles. The second-order valence-corrected chi connectivity index (χ2v) is 7.23. The van der Waals surface area contributed by atoms with Gasteiger partial charge in [-0.2, -0.15) is 0 Å². The van der Waals surface area contributed by atoms with Crippen molar-refractivity contribution in [2.45, 2.75) is 44.6 Å². The fourth-order valence-electron chi connectivity index (χ4n) is 3.43. The summed E-state index contributed by atoms with van der Waals surface area (Å²) in [7, 11) is 0. The second kappa shape index (κ2) is 8.71. The van der Waals surface area contributed by atoms with E-state index in [1.807, 2.05) is 11.8 Å². The summed E-state index contributed by atoms with van der Waals surface area (Å²) >= 11 is 6.16. The van der Waals surface area contributed by atoms with Gasteiger partial charge in [-0.15, -0.1) is 0 Å². The highest BCUT2D eigenvalue weighted by atomic mass is 35.5. The number of nitrogens with zero attached hydrogens (tertiary/aromatic N) is 2. The number of nitrogens with one attached hydrogen (secondary N) is 2. The number of hydrogen-bond acceptors (Lipinski definition) is 2. The van der Waals surface area contributed by atoms with E-state index >= 15 is 0 Å². The van der Waals surface area contributed by atoms with Gasteiger partial charge in [-0.05, 0) is 38.3 Å². The van der Waals surface area contributed by atoms with Crippen LogP contribution in [0, 0.1) is 5.82 Å². The maximum Gasteiger partial charge on any atom is 0.222 e. The quantitative estimate of drug-likeness (QED) is 0.434. The Bertz CT molecular complexity index is 661. The minimum Gasteiger partial charge on any atom is -0.357 e. The average Bonchev–Trinajstić information content (AvgIpc) is 3.22. The summed E-state index contributed by atoms with van der Waals surface area (Å²) < 4.78 is 14.0. The van der Waals surface area contributed by atoms with Gasteiger partial charge in [0, 0.05) is 55.1 Å². The highest BCUT2D eigenvalue weighted by Crippen LogP contribution is 2.44. The highest BCUT2D eigenvalue weighted by molar-refractivity contribution is 6.31. The van der Waals surface area contributed by atoms with Crippen LogP contribution in [0.2, 0.25) is 5.02 Å². The van der Waals surface area contributed by atoms with Crippen LogP contribution in [0.25, 0.3) is 0 Å². The molecule has 1 aromatic carbocycles. The summed E-state index contributed by atoms with van der Waals surface area (Å²) in [6, 6.07) is 4.95. The van der Waals surface area contributed by atoms with Crippen LogP contribution in [-0.4, -0.2) is 49.0 Å². The first-order valence-electron chi connectivity index (χ1n) is 9.36. The Morgan fingerprint density at radius 2 is 2.31 bits per heavy atom. The molecule has 26 heavy (non-hydrogen) atoms. The topological polar surface area (TPSA) is 56.7 Å². The van der Waals surface area contributed by atoms with Crippen molar-refractivity contribution >= 4 is 23.5 Å². The predicted molar refractivity (Wildman–Crippen MR) is 102 cm³/mol. The molecule has 2 fully saturated rings. The molecule has 2 aliphatic rings. The minimum atomic E-state index is -0.246. The molecule has 3 rings (SSSR count). The van der Waals surface area contributed by atoms with Crippen molar-refractivity contribution in [2.24, 2.45) is 4.99 Å². The Labute approximate surface area is 159 Å². The van der Waals surface area contributed by atoms with Gasteiger partial charge in [0.2, 0.25) is 5.91 Å². The molecule has 1 aromatic rings. The lowest BCUT2D eigenvalue weighted by atomic mass is 10.1. The molecule has 0 bridgehead atoms. The number of likely N-dealkylation sites (tertiary alicyclic amines) is 1. The third-order valence-corrected chi connectivity index (χ3v) is 5.18. The summed E-state index contributed by atoms with van der Waals surface area (Å²) in [4.78, 5) is 18.1. The van der Waals surface area contributed by atoms with Gasteiger partial charge in [0.15, 0.2) is 5.96 Å². The molecule has 1 amide bonds. The second-order valence-electron chi connectivity index (χ2n) is 6.83. The number of carbonyl (C=O) groups excluding carboxylic acids is 1. The van der Waals surface area contributed by atoms with Crippen LogP contribution < -0.4 is 10.6 Å². The normalized spacial score (nSPS) is 22.7. The fraction of sp³-hybridized carbons (Fsp3) is 0.579. The van der Waals surface area contributed by atoms with E-state index in [-0.39, 0.29) is 23.7 Å². The number of carbonyl (C=O) groups is 1. The van der Waals surface area contributed by atoms with E-state index in [2.05, 4.69) is 15.6 Å². The maximum atomic E-state index is 14.0. The zero-order valence-electron chi connectivity index (χ0n) is 15.1. The Balaban J connectivity index is 1.50. The van der Waals surface area contributed by atoms with Crippen molar-refractivity contribution in [3.63, 3.8) is 0 Å². The molecule has 1 aliphatic carbocycles. The fourth-order valence-corrected chi connectivity index (χ4v) is 3.73. The first kappa shape index (κ1) is 19.0. The van der Waals surface area contributed by atoms with Crippen molar-refractivity contribution in [3.05, 3.63) is 34.6 Å². The molecule has 142 valence electrons. The van der Waals surface area contributed by atoms with Gasteiger partial charge in [-0.25, -0.2) is 4.39 Å². The lowest BCUT2D eigenvalue weighted by Crippen LogP contribution is -2.39. The van der Waals surface area contributed by atoms with Gasteiger partial charge in [-0.1, -0.05) is 17.7 Å². The number of hydrogen-bond donors (Lipinski definition) is 2. The molecule has 2 N–H and O–H groups in total. The first-order valence-corrected chi connectivity index (χ1v) is 9.74. The Kier molecular flexibility index (Phi) is 6.35. The van der Waals surface area contributed by atoms with Gasteiger partial charge in [-0.3, -0.25) is 9.79 Å². The molecule has 2 atom stereocenters. The van der Waals surface area contributed by atoms with Crippen molar-refractivity contribution < 1.29 is 9.18 Å². The zero-order valence-corrected chi connectivity index (χ0v) is 15.9. The number of aliphatic imine (C=N–C) groups is 1. The molecule has 2 unspecified atom stereocenters. The molecule has 1 heterocycles. The molecule has 7 heteroatoms.